The van der Waals surface area contributed by atoms with Crippen molar-refractivity contribution < 1.29 is 14.3 Å². The average Bonchev–Trinajstić information content (AvgIpc) is 2.48. The highest BCUT2D eigenvalue weighted by Gasteiger charge is 2.29. The molecule has 0 aromatic carbocycles. The van der Waals surface area contributed by atoms with Gasteiger partial charge >= 0.3 is 0 Å². The minimum atomic E-state index is -0.617. The van der Waals surface area contributed by atoms with Crippen LogP contribution in [0.5, 0.6) is 0 Å². The summed E-state index contributed by atoms with van der Waals surface area (Å²) < 4.78 is 14.2. The van der Waals surface area contributed by atoms with Gasteiger partial charge in [-0.25, -0.2) is 9.37 Å². The number of aromatic nitrogens is 1. The van der Waals surface area contributed by atoms with Crippen LogP contribution in [-0.2, 0) is 0 Å². The van der Waals surface area contributed by atoms with Crippen LogP contribution in [0.2, 0.25) is 0 Å². The van der Waals surface area contributed by atoms with Crippen molar-refractivity contribution in [3.8, 4) is 0 Å². The predicted octanol–water partition coefficient (Wildman–Crippen LogP) is 1.64. The van der Waals surface area contributed by atoms with Gasteiger partial charge in [-0.2, -0.15) is 0 Å². The molecule has 1 fully saturated rings. The van der Waals surface area contributed by atoms with Crippen LogP contribution in [0.4, 0.5) is 10.2 Å². The molecule has 110 valence electrons. The molecule has 1 amide bonds. The van der Waals surface area contributed by atoms with Gasteiger partial charge in [0.2, 0.25) is 0 Å². The number of nitrogens with zero attached hydrogens (tertiary/aromatic N) is 2. The van der Waals surface area contributed by atoms with Gasteiger partial charge in [-0.3, -0.25) is 4.79 Å². The summed E-state index contributed by atoms with van der Waals surface area (Å²) >= 11 is 0. The molecule has 6 heteroatoms. The van der Waals surface area contributed by atoms with Gasteiger partial charge in [0.15, 0.2) is 11.6 Å². The van der Waals surface area contributed by atoms with Crippen molar-refractivity contribution in [2.45, 2.75) is 31.7 Å². The predicted molar refractivity (Wildman–Crippen MR) is 74.1 cm³/mol. The van der Waals surface area contributed by atoms with Crippen LogP contribution in [0.1, 0.15) is 36.0 Å². The van der Waals surface area contributed by atoms with E-state index >= 15 is 0 Å². The fraction of sp³-hybridized carbons (Fsp3) is 0.571. The van der Waals surface area contributed by atoms with Crippen molar-refractivity contribution >= 4 is 11.7 Å². The van der Waals surface area contributed by atoms with Gasteiger partial charge in [-0.1, -0.05) is 0 Å². The summed E-state index contributed by atoms with van der Waals surface area (Å²) in [5, 5.41) is 11.7. The molecule has 1 atom stereocenters. The summed E-state index contributed by atoms with van der Waals surface area (Å²) in [6, 6.07) is 1.40. The zero-order valence-electron chi connectivity index (χ0n) is 11.6. The van der Waals surface area contributed by atoms with Gasteiger partial charge < -0.3 is 15.3 Å². The third-order valence-corrected chi connectivity index (χ3v) is 3.71. The molecule has 1 saturated heterocycles. The number of amides is 1. The number of pyridine rings is 1. The van der Waals surface area contributed by atoms with Crippen molar-refractivity contribution in [3.63, 3.8) is 0 Å². The maximum absolute atomic E-state index is 14.2. The minimum Gasteiger partial charge on any atom is -0.396 e. The molecule has 2 rings (SSSR count). The normalized spacial score (nSPS) is 18.9. The molecule has 1 aliphatic rings. The fourth-order valence-electron chi connectivity index (χ4n) is 2.66. The van der Waals surface area contributed by atoms with E-state index in [9.17, 15) is 9.18 Å². The highest BCUT2D eigenvalue weighted by Crippen LogP contribution is 2.24. The van der Waals surface area contributed by atoms with Crippen LogP contribution in [0.3, 0.4) is 0 Å². The number of likely N-dealkylation sites (tertiary alicyclic amines) is 1. The fourth-order valence-corrected chi connectivity index (χ4v) is 2.66. The Morgan fingerprint density at radius 1 is 1.60 bits per heavy atom. The molecule has 1 aromatic rings. The summed E-state index contributed by atoms with van der Waals surface area (Å²) in [6.45, 7) is 0.648. The van der Waals surface area contributed by atoms with E-state index in [2.05, 4.69) is 10.3 Å². The van der Waals surface area contributed by atoms with Crippen molar-refractivity contribution in [2.24, 2.45) is 0 Å². The third-order valence-electron chi connectivity index (χ3n) is 3.71. The van der Waals surface area contributed by atoms with E-state index < -0.39 is 5.82 Å². The number of hydrogen-bond donors (Lipinski definition) is 2. The second kappa shape index (κ2) is 6.65. The van der Waals surface area contributed by atoms with Crippen LogP contribution >= 0.6 is 0 Å². The first-order valence-electron chi connectivity index (χ1n) is 6.93. The largest absolute Gasteiger partial charge is 0.396 e. The van der Waals surface area contributed by atoms with Crippen molar-refractivity contribution in [2.75, 3.05) is 25.5 Å². The summed E-state index contributed by atoms with van der Waals surface area (Å²) in [5.41, 5.74) is 0.0363. The van der Waals surface area contributed by atoms with Gasteiger partial charge in [0.05, 0.1) is 5.56 Å². The Morgan fingerprint density at radius 3 is 3.10 bits per heavy atom. The molecule has 0 bridgehead atoms. The smallest absolute Gasteiger partial charge is 0.257 e. The molecular weight excluding hydrogens is 261 g/mol. The maximum atomic E-state index is 14.2. The van der Waals surface area contributed by atoms with Gasteiger partial charge in [0.1, 0.15) is 0 Å². The number of carbonyl (C=O) groups excluding carboxylic acids is 1. The zero-order chi connectivity index (χ0) is 14.5. The molecule has 20 heavy (non-hydrogen) atoms. The quantitative estimate of drug-likeness (QED) is 0.880. The number of rotatable bonds is 4. The molecule has 0 saturated carbocycles. The maximum Gasteiger partial charge on any atom is 0.257 e. The molecule has 5 nitrogen and oxygen atoms in total. The highest BCUT2D eigenvalue weighted by molar-refractivity contribution is 5.95. The SMILES string of the molecule is CNc1nccc(C(=O)N2CCCCC2CCO)c1F. The first-order chi connectivity index (χ1) is 9.69. The van der Waals surface area contributed by atoms with Gasteiger partial charge in [-0.15, -0.1) is 0 Å². The van der Waals surface area contributed by atoms with E-state index in [0.29, 0.717) is 13.0 Å². The van der Waals surface area contributed by atoms with Crippen LogP contribution in [0.25, 0.3) is 0 Å². The number of piperidine rings is 1. The van der Waals surface area contributed by atoms with Crippen LogP contribution in [0.15, 0.2) is 12.3 Å². The topological polar surface area (TPSA) is 65.5 Å². The summed E-state index contributed by atoms with van der Waals surface area (Å²) in [6.07, 6.45) is 4.77. The van der Waals surface area contributed by atoms with Gasteiger partial charge in [0, 0.05) is 32.4 Å². The number of carbonyl (C=O) groups is 1. The number of halogens is 1. The van der Waals surface area contributed by atoms with Crippen molar-refractivity contribution in [1.82, 2.24) is 9.88 Å². The van der Waals surface area contributed by atoms with Gasteiger partial charge in [0.25, 0.3) is 5.91 Å². The second-order valence-corrected chi connectivity index (χ2v) is 4.93. The first-order valence-corrected chi connectivity index (χ1v) is 6.93. The van der Waals surface area contributed by atoms with E-state index in [4.69, 9.17) is 5.11 Å². The molecular formula is C14H20FN3O2. The Kier molecular flexibility index (Phi) is 4.89. The number of aliphatic hydroxyl groups excluding tert-OH is 1. The van der Waals surface area contributed by atoms with Crippen LogP contribution in [0, 0.1) is 5.82 Å². The molecule has 2 heterocycles. The number of anilines is 1. The Balaban J connectivity index is 2.25. The van der Waals surface area contributed by atoms with Crippen LogP contribution in [-0.4, -0.2) is 47.1 Å². The monoisotopic (exact) mass is 281 g/mol. The van der Waals surface area contributed by atoms with E-state index in [1.165, 1.54) is 12.3 Å². The van der Waals surface area contributed by atoms with E-state index in [1.807, 2.05) is 0 Å². The molecule has 1 aromatic heterocycles. The Bertz CT molecular complexity index is 479. The third kappa shape index (κ3) is 2.90. The lowest BCUT2D eigenvalue weighted by molar-refractivity contribution is 0.0570. The lowest BCUT2D eigenvalue weighted by Crippen LogP contribution is -2.44. The second-order valence-electron chi connectivity index (χ2n) is 4.93. The molecule has 1 aliphatic heterocycles. The standard InChI is InChI=1S/C14H20FN3O2/c1-16-13-12(15)11(5-7-17-13)14(20)18-8-3-2-4-10(18)6-9-19/h5,7,10,19H,2-4,6,8-9H2,1H3,(H,16,17). The van der Waals surface area contributed by atoms with E-state index in [1.54, 1.807) is 11.9 Å². The summed E-state index contributed by atoms with van der Waals surface area (Å²) in [7, 11) is 1.56. The molecule has 2 N–H and O–H groups in total. The number of aliphatic hydroxyl groups is 1. The lowest BCUT2D eigenvalue weighted by atomic mass is 9.98. The Hall–Kier alpha value is -1.69. The number of nitrogens with one attached hydrogen (secondary N) is 1. The van der Waals surface area contributed by atoms with E-state index in [0.717, 1.165) is 19.3 Å². The molecule has 0 radical (unpaired) electrons. The average molecular weight is 281 g/mol. The lowest BCUT2D eigenvalue weighted by Gasteiger charge is -2.35. The Morgan fingerprint density at radius 2 is 2.40 bits per heavy atom. The van der Waals surface area contributed by atoms with Crippen molar-refractivity contribution in [3.05, 3.63) is 23.6 Å². The van der Waals surface area contributed by atoms with Gasteiger partial charge in [-0.05, 0) is 31.7 Å². The van der Waals surface area contributed by atoms with E-state index in [-0.39, 0.29) is 29.9 Å². The molecule has 0 spiro atoms. The molecule has 1 unspecified atom stereocenters. The summed E-state index contributed by atoms with van der Waals surface area (Å²) in [4.78, 5) is 18.0. The zero-order valence-corrected chi connectivity index (χ0v) is 11.6. The molecule has 0 aliphatic carbocycles. The summed E-state index contributed by atoms with van der Waals surface area (Å²) in [5.74, 6) is -0.862. The highest BCUT2D eigenvalue weighted by atomic mass is 19.1. The van der Waals surface area contributed by atoms with Crippen LogP contribution < -0.4 is 5.32 Å². The Labute approximate surface area is 117 Å². The first kappa shape index (κ1) is 14.7. The minimum absolute atomic E-state index is 0.00755. The number of hydrogen-bond acceptors (Lipinski definition) is 4. The van der Waals surface area contributed by atoms with Crippen molar-refractivity contribution in [1.29, 1.82) is 0 Å².